The normalized spacial score (nSPS) is 16.8. The van der Waals surface area contributed by atoms with Crippen molar-refractivity contribution in [2.75, 3.05) is 26.2 Å². The number of ether oxygens (including phenoxy) is 2. The van der Waals surface area contributed by atoms with Crippen LogP contribution in [0, 0.1) is 13.8 Å². The van der Waals surface area contributed by atoms with Gasteiger partial charge in [0.05, 0.1) is 37.3 Å². The maximum Gasteiger partial charge on any atom is 0.715 e. The molecule has 0 radical (unpaired) electrons. The first-order valence-electron chi connectivity index (χ1n) is 18.9. The molecule has 1 spiro atoms. The maximum absolute atomic E-state index is 7.16. The Labute approximate surface area is 303 Å². The topological polar surface area (TPSA) is 24.5 Å². The van der Waals surface area contributed by atoms with Crippen molar-refractivity contribution in [1.82, 2.24) is 0 Å². The Morgan fingerprint density at radius 3 is 1.49 bits per heavy atom. The van der Waals surface area contributed by atoms with E-state index in [1.165, 1.54) is 33.4 Å². The third-order valence-electron chi connectivity index (χ3n) is 11.7. The molecule has 258 valence electrons. The molecule has 0 fully saturated rings. The Balaban J connectivity index is 1.22. The van der Waals surface area contributed by atoms with Crippen molar-refractivity contribution in [2.45, 2.75) is 66.8 Å². The highest BCUT2D eigenvalue weighted by Crippen LogP contribution is 2.50. The Hall–Kier alpha value is -5.00. The molecule has 1 unspecified atom stereocenters. The number of benzene rings is 5. The SMILES string of the molecule is CCCc1ccccc1-c1cc(C)c2c(c1)C=[N+]1c3ccccc3[N+]3=Cc4cc(-c5ccccc5CC[N+](CC)(CC)CC)cc(C)c4OC13O2. The fourth-order valence-corrected chi connectivity index (χ4v) is 8.55. The van der Waals surface area contributed by atoms with Crippen LogP contribution in [0.15, 0.2) is 97.1 Å². The molecule has 8 rings (SSSR count). The minimum Gasteiger partial charge on any atom is -0.340 e. The summed E-state index contributed by atoms with van der Waals surface area (Å²) in [4.78, 5) is 0. The summed E-state index contributed by atoms with van der Waals surface area (Å²) in [5.74, 6) is 1.70. The molecule has 3 aliphatic rings. The van der Waals surface area contributed by atoms with E-state index in [1.54, 1.807) is 0 Å². The first kappa shape index (κ1) is 33.2. The monoisotopic (exact) mass is 676 g/mol. The molecule has 3 aliphatic heterocycles. The molecule has 5 heteroatoms. The molecule has 51 heavy (non-hydrogen) atoms. The van der Waals surface area contributed by atoms with Crippen LogP contribution in [0.1, 0.15) is 67.5 Å². The first-order chi connectivity index (χ1) is 24.8. The highest BCUT2D eigenvalue weighted by molar-refractivity contribution is 5.90. The van der Waals surface area contributed by atoms with Crippen LogP contribution in [0.5, 0.6) is 11.5 Å². The van der Waals surface area contributed by atoms with Gasteiger partial charge in [-0.1, -0.05) is 74.0 Å². The molecule has 0 saturated carbocycles. The van der Waals surface area contributed by atoms with Crippen molar-refractivity contribution in [3.63, 3.8) is 0 Å². The molecule has 0 bridgehead atoms. The lowest BCUT2D eigenvalue weighted by Gasteiger charge is -2.36. The van der Waals surface area contributed by atoms with Gasteiger partial charge in [-0.15, -0.1) is 0 Å². The highest BCUT2D eigenvalue weighted by Gasteiger charge is 2.72. The highest BCUT2D eigenvalue weighted by atomic mass is 16.7. The van der Waals surface area contributed by atoms with Gasteiger partial charge in [0.1, 0.15) is 0 Å². The Bertz CT molecular complexity index is 2220. The summed E-state index contributed by atoms with van der Waals surface area (Å²) in [6.07, 6.45) is 7.66. The number of likely N-dealkylation sites (N-methyl/N-ethyl adjacent to an activating group) is 1. The average molecular weight is 677 g/mol. The van der Waals surface area contributed by atoms with Crippen molar-refractivity contribution in [2.24, 2.45) is 0 Å². The molecule has 3 heterocycles. The average Bonchev–Trinajstić information content (AvgIpc) is 3.43. The van der Waals surface area contributed by atoms with Gasteiger partial charge in [-0.25, -0.2) is 0 Å². The van der Waals surface area contributed by atoms with Crippen LogP contribution in [-0.2, 0) is 12.8 Å². The molecule has 5 nitrogen and oxygen atoms in total. The molecule has 1 atom stereocenters. The minimum atomic E-state index is -1.21. The third kappa shape index (κ3) is 5.41. The zero-order valence-corrected chi connectivity index (χ0v) is 31.0. The van der Waals surface area contributed by atoms with Crippen LogP contribution >= 0.6 is 0 Å². The van der Waals surface area contributed by atoms with E-state index in [0.717, 1.165) is 95.1 Å². The zero-order valence-electron chi connectivity index (χ0n) is 31.0. The van der Waals surface area contributed by atoms with Gasteiger partial charge in [0.2, 0.25) is 0 Å². The second-order valence-electron chi connectivity index (χ2n) is 14.5. The third-order valence-corrected chi connectivity index (χ3v) is 11.7. The molecule has 0 amide bonds. The summed E-state index contributed by atoms with van der Waals surface area (Å²) >= 11 is 0. The Morgan fingerprint density at radius 2 is 1.02 bits per heavy atom. The molecule has 5 aromatic rings. The summed E-state index contributed by atoms with van der Waals surface area (Å²) in [5.41, 5.74) is 14.2. The van der Waals surface area contributed by atoms with E-state index < -0.39 is 6.03 Å². The van der Waals surface area contributed by atoms with Gasteiger partial charge >= 0.3 is 6.03 Å². The molecule has 0 aliphatic carbocycles. The van der Waals surface area contributed by atoms with Gasteiger partial charge in [0, 0.05) is 18.6 Å². The van der Waals surface area contributed by atoms with Crippen molar-refractivity contribution < 1.29 is 23.1 Å². The van der Waals surface area contributed by atoms with Gasteiger partial charge in [-0.2, -0.15) is 0 Å². The van der Waals surface area contributed by atoms with Crippen LogP contribution < -0.4 is 9.47 Å². The predicted molar refractivity (Wildman–Crippen MR) is 208 cm³/mol. The van der Waals surface area contributed by atoms with Gasteiger partial charge in [0.15, 0.2) is 23.9 Å². The van der Waals surface area contributed by atoms with Gasteiger partial charge in [0.25, 0.3) is 11.4 Å². The number of hydrogen-bond donors (Lipinski definition) is 0. The molecule has 0 N–H and O–H groups in total. The lowest BCUT2D eigenvalue weighted by Crippen LogP contribution is -2.59. The van der Waals surface area contributed by atoms with E-state index in [2.05, 4.69) is 160 Å². The van der Waals surface area contributed by atoms with Crippen molar-refractivity contribution in [3.05, 3.63) is 130 Å². The molecule has 0 saturated heterocycles. The van der Waals surface area contributed by atoms with Crippen LogP contribution in [0.4, 0.5) is 11.4 Å². The predicted octanol–water partition coefficient (Wildman–Crippen LogP) is 9.94. The molecule has 0 aromatic heterocycles. The fourth-order valence-electron chi connectivity index (χ4n) is 8.55. The second kappa shape index (κ2) is 13.0. The summed E-state index contributed by atoms with van der Waals surface area (Å²) < 4.78 is 19.8. The van der Waals surface area contributed by atoms with Crippen molar-refractivity contribution >= 4 is 23.8 Å². The quantitative estimate of drug-likeness (QED) is 0.109. The number of nitrogens with zero attached hydrogens (tertiary/aromatic N) is 3. The van der Waals surface area contributed by atoms with Crippen LogP contribution in [0.2, 0.25) is 0 Å². The summed E-state index contributed by atoms with van der Waals surface area (Å²) in [7, 11) is 0. The molecular weight excluding hydrogens is 627 g/mol. The Morgan fingerprint density at radius 1 is 0.569 bits per heavy atom. The molecule has 5 aromatic carbocycles. The fraction of sp³-hybridized carbons (Fsp3) is 0.304. The van der Waals surface area contributed by atoms with Crippen LogP contribution in [0.3, 0.4) is 0 Å². The van der Waals surface area contributed by atoms with E-state index in [1.807, 2.05) is 0 Å². The number of fused-ring (bicyclic) bond motifs is 5. The lowest BCUT2D eigenvalue weighted by atomic mass is 9.93. The van der Waals surface area contributed by atoms with Gasteiger partial charge < -0.3 is 14.0 Å². The largest absolute Gasteiger partial charge is 0.715 e. The number of para-hydroxylation sites is 2. The second-order valence-corrected chi connectivity index (χ2v) is 14.5. The summed E-state index contributed by atoms with van der Waals surface area (Å²) in [6.45, 7) is 18.1. The molecular formula is C46H50N3O2+3. The number of hydrogen-bond acceptors (Lipinski definition) is 2. The van der Waals surface area contributed by atoms with E-state index in [9.17, 15) is 0 Å². The van der Waals surface area contributed by atoms with Gasteiger partial charge in [-0.05, 0) is 119 Å². The summed E-state index contributed by atoms with van der Waals surface area (Å²) in [6, 6.07) is 34.1. The van der Waals surface area contributed by atoms with Crippen LogP contribution in [-0.4, -0.2) is 58.3 Å². The number of quaternary nitrogens is 1. The van der Waals surface area contributed by atoms with E-state index in [4.69, 9.17) is 9.47 Å². The maximum atomic E-state index is 7.16. The zero-order chi connectivity index (χ0) is 35.3. The van der Waals surface area contributed by atoms with E-state index >= 15 is 0 Å². The minimum absolute atomic E-state index is 0.849. The van der Waals surface area contributed by atoms with Gasteiger partial charge in [-0.3, -0.25) is 0 Å². The lowest BCUT2D eigenvalue weighted by molar-refractivity contribution is -0.923. The smallest absolute Gasteiger partial charge is 0.340 e. The van der Waals surface area contributed by atoms with Crippen molar-refractivity contribution in [1.29, 1.82) is 0 Å². The number of rotatable bonds is 10. The first-order valence-corrected chi connectivity index (χ1v) is 18.9. The van der Waals surface area contributed by atoms with Crippen LogP contribution in [0.25, 0.3) is 22.3 Å². The number of aryl methyl sites for hydroxylation is 3. The summed E-state index contributed by atoms with van der Waals surface area (Å²) in [5, 5.41) is 0. The standard InChI is InChI=1S/C46H50N3O2/c1-7-17-34-18-11-13-20-40(34)36-26-32(5)44-38(28-36)30-47-42-22-15-16-23-43(42)48-31-39-29-37(27-33(6)45(39)51-46(47,48)50-44)41-21-14-12-19-35(41)24-25-49(8-2,9-3)10-4/h11-16,18-23,26-31H,7-10,17,24-25H2,1-6H3/q+3. The van der Waals surface area contributed by atoms with Crippen molar-refractivity contribution in [3.8, 4) is 33.8 Å². The Kier molecular flexibility index (Phi) is 8.42. The van der Waals surface area contributed by atoms with E-state index in [0.29, 0.717) is 0 Å². The van der Waals surface area contributed by atoms with E-state index in [-0.39, 0.29) is 0 Å².